The van der Waals surface area contributed by atoms with Crippen molar-refractivity contribution in [2.24, 2.45) is 0 Å². The molecule has 9 heteroatoms. The molecule has 0 aliphatic heterocycles. The summed E-state index contributed by atoms with van der Waals surface area (Å²) in [5.74, 6) is -2.10. The second-order valence-electron chi connectivity index (χ2n) is 7.64. The third-order valence-corrected chi connectivity index (χ3v) is 5.29. The van der Waals surface area contributed by atoms with Crippen LogP contribution in [0.2, 0.25) is 0 Å². The van der Waals surface area contributed by atoms with Crippen LogP contribution in [0.4, 0.5) is 5.69 Å². The van der Waals surface area contributed by atoms with Gasteiger partial charge >= 0.3 is 11.9 Å². The van der Waals surface area contributed by atoms with E-state index in [0.29, 0.717) is 16.8 Å². The molecule has 0 saturated heterocycles. The minimum Gasteiger partial charge on any atom is -0.465 e. The number of rotatable bonds is 8. The molecular weight excluding hydrogens is 462 g/mol. The van der Waals surface area contributed by atoms with E-state index in [4.69, 9.17) is 9.47 Å². The third-order valence-electron chi connectivity index (χ3n) is 5.29. The van der Waals surface area contributed by atoms with Crippen molar-refractivity contribution in [3.63, 3.8) is 0 Å². The van der Waals surface area contributed by atoms with Gasteiger partial charge in [0.25, 0.3) is 11.5 Å². The number of carbonyl (C=O) groups excluding carboxylic acids is 3. The molecule has 0 spiro atoms. The van der Waals surface area contributed by atoms with Gasteiger partial charge in [0.05, 0.1) is 17.7 Å². The maximum atomic E-state index is 13.1. The van der Waals surface area contributed by atoms with Gasteiger partial charge in [-0.05, 0) is 37.3 Å². The van der Waals surface area contributed by atoms with E-state index in [0.717, 1.165) is 4.68 Å². The molecular formula is C27H23N3O6. The smallest absolute Gasteiger partial charge is 0.359 e. The van der Waals surface area contributed by atoms with Crippen LogP contribution in [-0.4, -0.2) is 47.4 Å². The number of para-hydroxylation sites is 2. The molecule has 0 unspecified atom stereocenters. The van der Waals surface area contributed by atoms with Crippen molar-refractivity contribution >= 4 is 34.3 Å². The Morgan fingerprint density at radius 3 is 2.11 bits per heavy atom. The number of carbonyl (C=O) groups is 3. The van der Waals surface area contributed by atoms with E-state index in [1.807, 2.05) is 0 Å². The van der Waals surface area contributed by atoms with E-state index in [1.165, 1.54) is 4.90 Å². The van der Waals surface area contributed by atoms with Gasteiger partial charge in [0.15, 0.2) is 12.3 Å². The normalized spacial score (nSPS) is 10.6. The number of nitrogens with zero attached hydrogens (tertiary/aromatic N) is 3. The Balaban J connectivity index is 1.62. The number of esters is 2. The summed E-state index contributed by atoms with van der Waals surface area (Å²) in [7, 11) is 0. The molecule has 3 aromatic carbocycles. The van der Waals surface area contributed by atoms with Crippen LogP contribution in [0.3, 0.4) is 0 Å². The lowest BCUT2D eigenvalue weighted by atomic mass is 10.1. The molecule has 0 N–H and O–H groups in total. The first kappa shape index (κ1) is 24.3. The number of benzene rings is 3. The van der Waals surface area contributed by atoms with Crippen molar-refractivity contribution in [2.45, 2.75) is 6.92 Å². The Morgan fingerprint density at radius 2 is 1.44 bits per heavy atom. The highest BCUT2D eigenvalue weighted by molar-refractivity contribution is 6.04. The predicted molar refractivity (Wildman–Crippen MR) is 133 cm³/mol. The molecule has 0 bridgehead atoms. The van der Waals surface area contributed by atoms with Crippen LogP contribution in [0.15, 0.2) is 89.7 Å². The SMILES string of the molecule is CCOC(=O)CN(C(=O)COC(=O)c1nn(-c2ccccc2)c(=O)c2ccccc12)c1ccccc1. The number of fused-ring (bicyclic) bond motifs is 1. The molecule has 182 valence electrons. The number of hydrogen-bond donors (Lipinski definition) is 0. The zero-order chi connectivity index (χ0) is 25.5. The Morgan fingerprint density at radius 1 is 0.833 bits per heavy atom. The van der Waals surface area contributed by atoms with E-state index < -0.39 is 30.0 Å². The minimum atomic E-state index is -0.881. The molecule has 0 fully saturated rings. The molecule has 1 aromatic heterocycles. The van der Waals surface area contributed by atoms with Gasteiger partial charge in [0.2, 0.25) is 0 Å². The maximum Gasteiger partial charge on any atom is 0.359 e. The van der Waals surface area contributed by atoms with Gasteiger partial charge in [-0.15, -0.1) is 0 Å². The lowest BCUT2D eigenvalue weighted by Gasteiger charge is -2.21. The van der Waals surface area contributed by atoms with Gasteiger partial charge in [0.1, 0.15) is 6.54 Å². The number of ether oxygens (including phenoxy) is 2. The highest BCUT2D eigenvalue weighted by Crippen LogP contribution is 2.17. The lowest BCUT2D eigenvalue weighted by molar-refractivity contribution is -0.142. The maximum absolute atomic E-state index is 13.1. The van der Waals surface area contributed by atoms with Crippen molar-refractivity contribution < 1.29 is 23.9 Å². The molecule has 1 amide bonds. The van der Waals surface area contributed by atoms with E-state index >= 15 is 0 Å². The lowest BCUT2D eigenvalue weighted by Crippen LogP contribution is -2.39. The average Bonchev–Trinajstić information content (AvgIpc) is 2.91. The summed E-state index contributed by atoms with van der Waals surface area (Å²) in [6, 6.07) is 23.7. The van der Waals surface area contributed by atoms with Gasteiger partial charge in [-0.3, -0.25) is 19.3 Å². The first-order valence-corrected chi connectivity index (χ1v) is 11.2. The zero-order valence-corrected chi connectivity index (χ0v) is 19.5. The summed E-state index contributed by atoms with van der Waals surface area (Å²) in [5.41, 5.74) is 0.420. The van der Waals surface area contributed by atoms with Gasteiger partial charge in [-0.25, -0.2) is 4.79 Å². The summed E-state index contributed by atoms with van der Waals surface area (Å²) < 4.78 is 11.4. The van der Waals surface area contributed by atoms with Gasteiger partial charge in [-0.1, -0.05) is 54.6 Å². The van der Waals surface area contributed by atoms with Crippen LogP contribution in [0.5, 0.6) is 0 Å². The molecule has 0 aliphatic carbocycles. The molecule has 0 radical (unpaired) electrons. The minimum absolute atomic E-state index is 0.112. The number of aromatic nitrogens is 2. The summed E-state index contributed by atoms with van der Waals surface area (Å²) in [6.45, 7) is 0.850. The Kier molecular flexibility index (Phi) is 7.50. The molecule has 0 aliphatic rings. The van der Waals surface area contributed by atoms with E-state index in [1.54, 1.807) is 91.9 Å². The second-order valence-corrected chi connectivity index (χ2v) is 7.64. The van der Waals surface area contributed by atoms with Crippen LogP contribution in [-0.2, 0) is 19.1 Å². The van der Waals surface area contributed by atoms with Crippen molar-refractivity contribution in [2.75, 3.05) is 24.7 Å². The molecule has 4 rings (SSSR count). The highest BCUT2D eigenvalue weighted by Gasteiger charge is 2.24. The van der Waals surface area contributed by atoms with Crippen molar-refractivity contribution in [3.05, 3.63) is 101 Å². The van der Waals surface area contributed by atoms with E-state index in [9.17, 15) is 19.2 Å². The topological polar surface area (TPSA) is 108 Å². The molecule has 36 heavy (non-hydrogen) atoms. The van der Waals surface area contributed by atoms with Gasteiger partial charge in [0, 0.05) is 11.1 Å². The number of anilines is 1. The Labute approximate surface area is 206 Å². The average molecular weight is 485 g/mol. The standard InChI is InChI=1S/C27H23N3O6/c1-2-35-24(32)17-29(19-11-5-3-6-12-19)23(31)18-36-27(34)25-21-15-9-10-16-22(21)26(33)30(28-25)20-13-7-4-8-14-20/h3-16H,2,17-18H2,1H3. The highest BCUT2D eigenvalue weighted by atomic mass is 16.5. The zero-order valence-electron chi connectivity index (χ0n) is 19.5. The molecule has 4 aromatic rings. The molecule has 1 heterocycles. The fraction of sp³-hybridized carbons (Fsp3) is 0.148. The Hall–Kier alpha value is -4.79. The van der Waals surface area contributed by atoms with Crippen molar-refractivity contribution in [3.8, 4) is 5.69 Å². The van der Waals surface area contributed by atoms with E-state index in [-0.39, 0.29) is 24.2 Å². The van der Waals surface area contributed by atoms with Crippen LogP contribution < -0.4 is 10.5 Å². The molecule has 0 saturated carbocycles. The third kappa shape index (κ3) is 5.30. The van der Waals surface area contributed by atoms with Crippen LogP contribution in [0.25, 0.3) is 16.5 Å². The van der Waals surface area contributed by atoms with Crippen LogP contribution in [0, 0.1) is 0 Å². The van der Waals surface area contributed by atoms with Gasteiger partial charge in [-0.2, -0.15) is 9.78 Å². The fourth-order valence-corrected chi connectivity index (χ4v) is 3.63. The monoisotopic (exact) mass is 485 g/mol. The van der Waals surface area contributed by atoms with E-state index in [2.05, 4.69) is 5.10 Å². The molecule has 0 atom stereocenters. The van der Waals surface area contributed by atoms with Crippen molar-refractivity contribution in [1.29, 1.82) is 0 Å². The summed E-state index contributed by atoms with van der Waals surface area (Å²) in [5, 5.41) is 4.84. The molecule has 9 nitrogen and oxygen atoms in total. The summed E-state index contributed by atoms with van der Waals surface area (Å²) >= 11 is 0. The van der Waals surface area contributed by atoms with Crippen LogP contribution in [0.1, 0.15) is 17.4 Å². The second kappa shape index (κ2) is 11.1. The largest absolute Gasteiger partial charge is 0.465 e. The summed E-state index contributed by atoms with van der Waals surface area (Å²) in [6.07, 6.45) is 0. The first-order valence-electron chi connectivity index (χ1n) is 11.2. The van der Waals surface area contributed by atoms with Crippen molar-refractivity contribution in [1.82, 2.24) is 9.78 Å². The number of amides is 1. The predicted octanol–water partition coefficient (Wildman–Crippen LogP) is 3.14. The quantitative estimate of drug-likeness (QED) is 0.353. The first-order chi connectivity index (χ1) is 17.5. The summed E-state index contributed by atoms with van der Waals surface area (Å²) in [4.78, 5) is 52.3. The number of hydrogen-bond acceptors (Lipinski definition) is 7. The van der Waals surface area contributed by atoms with Gasteiger partial charge < -0.3 is 9.47 Å². The fourth-order valence-electron chi connectivity index (χ4n) is 3.63. The van der Waals surface area contributed by atoms with Crippen LogP contribution >= 0.6 is 0 Å². The Bertz CT molecular complexity index is 1450.